The molecule has 7 heteroatoms. The Morgan fingerprint density at radius 2 is 2.04 bits per heavy atom. The Hall–Kier alpha value is -2.54. The van der Waals surface area contributed by atoms with E-state index in [1.165, 1.54) is 24.8 Å². The maximum absolute atomic E-state index is 12.7. The van der Waals surface area contributed by atoms with E-state index in [4.69, 9.17) is 9.84 Å². The predicted molar refractivity (Wildman–Crippen MR) is 104 cm³/mol. The van der Waals surface area contributed by atoms with E-state index >= 15 is 0 Å². The van der Waals surface area contributed by atoms with Crippen molar-refractivity contribution in [1.82, 2.24) is 19.6 Å². The second-order valence-corrected chi connectivity index (χ2v) is 7.35. The lowest BCUT2D eigenvalue weighted by Crippen LogP contribution is -2.32. The number of hydrogen-bond donors (Lipinski definition) is 1. The molecule has 1 aromatic carbocycles. The quantitative estimate of drug-likeness (QED) is 0.900. The van der Waals surface area contributed by atoms with Gasteiger partial charge >= 0.3 is 6.03 Å². The first-order valence-corrected chi connectivity index (χ1v) is 9.60. The number of nitrogens with one attached hydrogen (secondary N) is 1. The largest absolute Gasteiger partial charge is 0.497 e. The number of rotatable bonds is 4. The maximum atomic E-state index is 12.7. The number of amides is 2. The maximum Gasteiger partial charge on any atom is 0.322 e. The molecule has 1 saturated heterocycles. The molecule has 0 aliphatic carbocycles. The van der Waals surface area contributed by atoms with E-state index in [2.05, 4.69) is 10.2 Å². The summed E-state index contributed by atoms with van der Waals surface area (Å²) in [4.78, 5) is 17.0. The first-order valence-electron chi connectivity index (χ1n) is 9.60. The van der Waals surface area contributed by atoms with Crippen LogP contribution in [0.15, 0.2) is 24.3 Å². The number of benzene rings is 1. The molecular formula is C20H27N5O2. The first kappa shape index (κ1) is 17.9. The van der Waals surface area contributed by atoms with Gasteiger partial charge in [0.15, 0.2) is 0 Å². The molecule has 1 fully saturated rings. The van der Waals surface area contributed by atoms with Crippen molar-refractivity contribution in [1.29, 1.82) is 0 Å². The van der Waals surface area contributed by atoms with Crippen LogP contribution in [0.4, 0.5) is 10.5 Å². The van der Waals surface area contributed by atoms with Gasteiger partial charge in [0, 0.05) is 30.9 Å². The van der Waals surface area contributed by atoms with Crippen LogP contribution in [-0.4, -0.2) is 45.8 Å². The van der Waals surface area contributed by atoms with Gasteiger partial charge in [0.2, 0.25) is 0 Å². The lowest BCUT2D eigenvalue weighted by atomic mass is 10.1. The normalized spacial score (nSPS) is 17.0. The van der Waals surface area contributed by atoms with E-state index in [1.807, 2.05) is 40.9 Å². The number of likely N-dealkylation sites (tertiary alicyclic amines) is 1. The van der Waals surface area contributed by atoms with Gasteiger partial charge in [0.1, 0.15) is 5.75 Å². The number of aromatic nitrogens is 2. The Morgan fingerprint density at radius 3 is 2.81 bits per heavy atom. The molecule has 0 spiro atoms. The number of hydrogen-bond acceptors (Lipinski definition) is 4. The smallest absolute Gasteiger partial charge is 0.322 e. The number of urea groups is 1. The number of ether oxygens (including phenoxy) is 1. The molecule has 2 aliphatic rings. The number of fused-ring (bicyclic) bond motifs is 1. The molecule has 2 amide bonds. The van der Waals surface area contributed by atoms with E-state index in [-0.39, 0.29) is 6.03 Å². The lowest BCUT2D eigenvalue weighted by Gasteiger charge is -2.26. The van der Waals surface area contributed by atoms with Crippen molar-refractivity contribution in [3.05, 3.63) is 41.2 Å². The third kappa shape index (κ3) is 3.78. The highest BCUT2D eigenvalue weighted by Crippen LogP contribution is 2.28. The fraction of sp³-hybridized carbons (Fsp3) is 0.500. The summed E-state index contributed by atoms with van der Waals surface area (Å²) < 4.78 is 7.16. The molecule has 0 atom stereocenters. The average molecular weight is 369 g/mol. The minimum Gasteiger partial charge on any atom is -0.497 e. The van der Waals surface area contributed by atoms with Gasteiger partial charge in [-0.25, -0.2) is 4.79 Å². The average Bonchev–Trinajstić information content (AvgIpc) is 3.24. The van der Waals surface area contributed by atoms with Crippen molar-refractivity contribution in [3.63, 3.8) is 0 Å². The van der Waals surface area contributed by atoms with E-state index in [9.17, 15) is 4.79 Å². The summed E-state index contributed by atoms with van der Waals surface area (Å²) in [6.07, 6.45) is 3.86. The van der Waals surface area contributed by atoms with Gasteiger partial charge in [0.25, 0.3) is 0 Å². The number of nitrogens with zero attached hydrogens (tertiary/aromatic N) is 4. The number of carbonyl (C=O) groups is 1. The monoisotopic (exact) mass is 369 g/mol. The highest BCUT2D eigenvalue weighted by molar-refractivity contribution is 5.89. The Morgan fingerprint density at radius 1 is 1.22 bits per heavy atom. The zero-order valence-corrected chi connectivity index (χ0v) is 16.1. The summed E-state index contributed by atoms with van der Waals surface area (Å²) in [6.45, 7) is 4.38. The fourth-order valence-electron chi connectivity index (χ4n) is 3.97. The van der Waals surface area contributed by atoms with Gasteiger partial charge in [-0.05, 0) is 38.1 Å². The van der Waals surface area contributed by atoms with Crippen LogP contribution in [0.25, 0.3) is 0 Å². The third-order valence-electron chi connectivity index (χ3n) is 5.48. The molecule has 1 aromatic heterocycles. The molecule has 0 radical (unpaired) electrons. The number of methoxy groups -OCH3 is 1. The minimum atomic E-state index is -0.0941. The van der Waals surface area contributed by atoms with Crippen LogP contribution in [0.3, 0.4) is 0 Å². The summed E-state index contributed by atoms with van der Waals surface area (Å²) in [7, 11) is 3.59. The van der Waals surface area contributed by atoms with Gasteiger partial charge in [-0.15, -0.1) is 0 Å². The van der Waals surface area contributed by atoms with Crippen LogP contribution in [0, 0.1) is 0 Å². The van der Waals surface area contributed by atoms with E-state index in [0.717, 1.165) is 42.5 Å². The molecule has 27 heavy (non-hydrogen) atoms. The van der Waals surface area contributed by atoms with Crippen LogP contribution >= 0.6 is 0 Å². The van der Waals surface area contributed by atoms with Crippen molar-refractivity contribution in [2.24, 2.45) is 7.05 Å². The molecule has 144 valence electrons. The van der Waals surface area contributed by atoms with Crippen molar-refractivity contribution in [2.45, 2.75) is 38.9 Å². The zero-order chi connectivity index (χ0) is 18.8. The van der Waals surface area contributed by atoms with Gasteiger partial charge in [-0.1, -0.05) is 12.5 Å². The van der Waals surface area contributed by atoms with Crippen molar-refractivity contribution in [3.8, 4) is 5.75 Å². The molecule has 1 N–H and O–H groups in total. The SMILES string of the molecule is COc1cccc(NC(=O)N2Cc3c(CN4CCCCC4)nn(C)c3C2)c1. The summed E-state index contributed by atoms with van der Waals surface area (Å²) in [5.41, 5.74) is 4.21. The van der Waals surface area contributed by atoms with Crippen molar-refractivity contribution in [2.75, 3.05) is 25.5 Å². The predicted octanol–water partition coefficient (Wildman–Crippen LogP) is 2.96. The van der Waals surface area contributed by atoms with Gasteiger partial charge < -0.3 is 15.0 Å². The third-order valence-corrected chi connectivity index (χ3v) is 5.48. The zero-order valence-electron chi connectivity index (χ0n) is 16.1. The number of carbonyl (C=O) groups excluding carboxylic acids is 1. The van der Waals surface area contributed by atoms with Crippen LogP contribution in [0.1, 0.15) is 36.2 Å². The molecule has 2 aromatic rings. The second kappa shape index (κ2) is 7.60. The summed E-state index contributed by atoms with van der Waals surface area (Å²) in [5, 5.41) is 7.70. The first-order chi connectivity index (χ1) is 13.1. The summed E-state index contributed by atoms with van der Waals surface area (Å²) >= 11 is 0. The Kier molecular flexibility index (Phi) is 5.03. The number of anilines is 1. The molecule has 0 saturated carbocycles. The van der Waals surface area contributed by atoms with Crippen LogP contribution < -0.4 is 10.1 Å². The van der Waals surface area contributed by atoms with Gasteiger partial charge in [-0.2, -0.15) is 5.10 Å². The number of piperidine rings is 1. The second-order valence-electron chi connectivity index (χ2n) is 7.35. The topological polar surface area (TPSA) is 62.6 Å². The fourth-order valence-corrected chi connectivity index (χ4v) is 3.97. The Bertz CT molecular complexity index is 826. The van der Waals surface area contributed by atoms with E-state index in [1.54, 1.807) is 7.11 Å². The lowest BCUT2D eigenvalue weighted by molar-refractivity contribution is 0.208. The Labute approximate surface area is 159 Å². The van der Waals surface area contributed by atoms with E-state index in [0.29, 0.717) is 13.1 Å². The van der Waals surface area contributed by atoms with Crippen molar-refractivity contribution >= 4 is 11.7 Å². The summed E-state index contributed by atoms with van der Waals surface area (Å²) in [6, 6.07) is 7.33. The van der Waals surface area contributed by atoms with E-state index < -0.39 is 0 Å². The molecule has 3 heterocycles. The highest BCUT2D eigenvalue weighted by Gasteiger charge is 2.30. The minimum absolute atomic E-state index is 0.0941. The van der Waals surface area contributed by atoms with Crippen LogP contribution in [0.2, 0.25) is 0 Å². The molecule has 4 rings (SSSR count). The van der Waals surface area contributed by atoms with Gasteiger partial charge in [0.05, 0.1) is 31.6 Å². The van der Waals surface area contributed by atoms with Crippen LogP contribution in [-0.2, 0) is 26.7 Å². The Balaban J connectivity index is 1.43. The number of aryl methyl sites for hydroxylation is 1. The summed E-state index contributed by atoms with van der Waals surface area (Å²) in [5.74, 6) is 0.727. The van der Waals surface area contributed by atoms with Crippen molar-refractivity contribution < 1.29 is 9.53 Å². The molecular weight excluding hydrogens is 342 g/mol. The van der Waals surface area contributed by atoms with Gasteiger partial charge in [-0.3, -0.25) is 9.58 Å². The molecule has 2 aliphatic heterocycles. The molecule has 0 unspecified atom stereocenters. The molecule has 7 nitrogen and oxygen atoms in total. The molecule has 0 bridgehead atoms. The van der Waals surface area contributed by atoms with Crippen LogP contribution in [0.5, 0.6) is 5.75 Å². The highest BCUT2D eigenvalue weighted by atomic mass is 16.5. The standard InChI is InChI=1S/C20H27N5O2/c1-23-19-14-25(20(26)21-15-7-6-8-16(11-15)27-2)12-17(19)18(22-23)13-24-9-4-3-5-10-24/h6-8,11H,3-5,9-10,12-14H2,1-2H3,(H,21,26).